The summed E-state index contributed by atoms with van der Waals surface area (Å²) in [4.78, 5) is 28.1. The zero-order valence-electron chi connectivity index (χ0n) is 11.3. The van der Waals surface area contributed by atoms with Crippen LogP contribution in [0.5, 0.6) is 0 Å². The Bertz CT molecular complexity index is 672. The predicted octanol–water partition coefficient (Wildman–Crippen LogP) is 2.87. The molecular formula is C13H14N2O4S. The lowest BCUT2D eigenvalue weighted by Crippen LogP contribution is -2.14. The molecule has 0 aromatic carbocycles. The van der Waals surface area contributed by atoms with Crippen LogP contribution < -0.4 is 5.32 Å². The van der Waals surface area contributed by atoms with Gasteiger partial charge in [0.1, 0.15) is 5.00 Å². The van der Waals surface area contributed by atoms with Gasteiger partial charge >= 0.3 is 5.97 Å². The second kappa shape index (κ2) is 5.46. The number of aromatic carboxylic acids is 1. The Kier molecular flexibility index (Phi) is 3.89. The molecule has 1 amide bonds. The molecule has 6 nitrogen and oxygen atoms in total. The van der Waals surface area contributed by atoms with Gasteiger partial charge < -0.3 is 14.8 Å². The largest absolute Gasteiger partial charge is 0.478 e. The van der Waals surface area contributed by atoms with E-state index in [4.69, 9.17) is 4.42 Å². The number of nitrogens with zero attached hydrogens (tertiary/aromatic N) is 1. The molecule has 106 valence electrons. The van der Waals surface area contributed by atoms with Gasteiger partial charge in [-0.3, -0.25) is 4.79 Å². The number of oxazole rings is 1. The summed E-state index contributed by atoms with van der Waals surface area (Å²) in [5.74, 6) is -1.45. The fourth-order valence-corrected chi connectivity index (χ4v) is 3.13. The second-order valence-corrected chi connectivity index (χ2v) is 5.45. The summed E-state index contributed by atoms with van der Waals surface area (Å²) in [5.41, 5.74) is 1.36. The van der Waals surface area contributed by atoms with Gasteiger partial charge in [-0.1, -0.05) is 6.92 Å². The van der Waals surface area contributed by atoms with E-state index in [9.17, 15) is 14.7 Å². The van der Waals surface area contributed by atoms with Crippen LogP contribution in [0.1, 0.15) is 44.0 Å². The lowest BCUT2D eigenvalue weighted by Gasteiger charge is -2.03. The third-order valence-electron chi connectivity index (χ3n) is 2.96. The molecule has 0 bridgehead atoms. The SMILES string of the molecule is CCc1c(C)sc(NC(=O)c2ocnc2C)c1C(=O)O. The van der Waals surface area contributed by atoms with Crippen LogP contribution in [-0.4, -0.2) is 22.0 Å². The van der Waals surface area contributed by atoms with Gasteiger partial charge in [-0.15, -0.1) is 11.3 Å². The molecule has 20 heavy (non-hydrogen) atoms. The molecule has 2 aromatic heterocycles. The van der Waals surface area contributed by atoms with Crippen molar-refractivity contribution in [2.45, 2.75) is 27.2 Å². The van der Waals surface area contributed by atoms with E-state index in [1.54, 1.807) is 6.92 Å². The van der Waals surface area contributed by atoms with E-state index in [-0.39, 0.29) is 11.3 Å². The predicted molar refractivity (Wildman–Crippen MR) is 74.6 cm³/mol. The Balaban J connectivity index is 2.37. The first kappa shape index (κ1) is 14.3. The number of carboxylic acid groups (broad SMARTS) is 1. The molecule has 0 spiro atoms. The van der Waals surface area contributed by atoms with Crippen molar-refractivity contribution in [1.29, 1.82) is 0 Å². The van der Waals surface area contributed by atoms with Crippen molar-refractivity contribution in [3.8, 4) is 0 Å². The van der Waals surface area contributed by atoms with Crippen molar-refractivity contribution >= 4 is 28.2 Å². The van der Waals surface area contributed by atoms with Crippen LogP contribution in [0.15, 0.2) is 10.8 Å². The number of amides is 1. The molecule has 0 unspecified atom stereocenters. The van der Waals surface area contributed by atoms with Crippen LogP contribution >= 0.6 is 11.3 Å². The van der Waals surface area contributed by atoms with Gasteiger partial charge in [-0.25, -0.2) is 9.78 Å². The van der Waals surface area contributed by atoms with Gasteiger partial charge in [0, 0.05) is 4.88 Å². The minimum absolute atomic E-state index is 0.0884. The standard InChI is InChI=1S/C13H14N2O4S/c1-4-8-7(3)20-12(9(8)13(17)18)15-11(16)10-6(2)14-5-19-10/h5H,4H2,1-3H3,(H,15,16)(H,17,18). The van der Waals surface area contributed by atoms with E-state index in [0.717, 1.165) is 10.4 Å². The molecule has 0 saturated heterocycles. The number of aryl methyl sites for hydroxylation is 2. The van der Waals surface area contributed by atoms with Crippen molar-refractivity contribution in [3.63, 3.8) is 0 Å². The highest BCUT2D eigenvalue weighted by atomic mass is 32.1. The second-order valence-electron chi connectivity index (χ2n) is 4.22. The maximum absolute atomic E-state index is 12.0. The van der Waals surface area contributed by atoms with E-state index in [1.165, 1.54) is 17.7 Å². The Morgan fingerprint density at radius 2 is 2.15 bits per heavy atom. The molecule has 2 heterocycles. The third-order valence-corrected chi connectivity index (χ3v) is 4.02. The van der Waals surface area contributed by atoms with Gasteiger partial charge in [0.15, 0.2) is 6.39 Å². The molecule has 0 aliphatic carbocycles. The number of nitrogens with one attached hydrogen (secondary N) is 1. The van der Waals surface area contributed by atoms with E-state index in [1.807, 2.05) is 13.8 Å². The van der Waals surface area contributed by atoms with Crippen molar-refractivity contribution in [2.75, 3.05) is 5.32 Å². The molecule has 7 heteroatoms. The number of aromatic nitrogens is 1. The summed E-state index contributed by atoms with van der Waals surface area (Å²) >= 11 is 1.25. The lowest BCUT2D eigenvalue weighted by atomic mass is 10.1. The highest BCUT2D eigenvalue weighted by Crippen LogP contribution is 2.33. The topological polar surface area (TPSA) is 92.4 Å². The number of carboxylic acids is 1. The lowest BCUT2D eigenvalue weighted by molar-refractivity contribution is 0.0697. The van der Waals surface area contributed by atoms with Crippen LogP contribution in [0, 0.1) is 13.8 Å². The van der Waals surface area contributed by atoms with Crippen molar-refractivity contribution in [3.05, 3.63) is 33.9 Å². The molecule has 2 N–H and O–H groups in total. The molecule has 0 saturated carbocycles. The number of thiophene rings is 1. The number of anilines is 1. The molecule has 0 fully saturated rings. The summed E-state index contributed by atoms with van der Waals surface area (Å²) < 4.78 is 5.00. The highest BCUT2D eigenvalue weighted by Gasteiger charge is 2.23. The van der Waals surface area contributed by atoms with Crippen LogP contribution in [0.2, 0.25) is 0 Å². The first-order chi connectivity index (χ1) is 9.45. The maximum atomic E-state index is 12.0. The first-order valence-electron chi connectivity index (χ1n) is 6.02. The minimum Gasteiger partial charge on any atom is -0.478 e. The van der Waals surface area contributed by atoms with Gasteiger partial charge in [0.2, 0.25) is 5.76 Å². The third kappa shape index (κ3) is 2.44. The molecule has 0 aliphatic rings. The monoisotopic (exact) mass is 294 g/mol. The van der Waals surface area contributed by atoms with Gasteiger partial charge in [0.05, 0.1) is 11.3 Å². The number of hydrogen-bond donors (Lipinski definition) is 2. The van der Waals surface area contributed by atoms with E-state index >= 15 is 0 Å². The normalized spacial score (nSPS) is 10.6. The average molecular weight is 294 g/mol. The molecular weight excluding hydrogens is 280 g/mol. The zero-order valence-corrected chi connectivity index (χ0v) is 12.1. The summed E-state index contributed by atoms with van der Waals surface area (Å²) in [5, 5.41) is 12.2. The Morgan fingerprint density at radius 3 is 2.65 bits per heavy atom. The maximum Gasteiger partial charge on any atom is 0.339 e. The Labute approximate surface area is 119 Å². The summed E-state index contributed by atoms with van der Waals surface area (Å²) in [6.07, 6.45) is 1.78. The van der Waals surface area contributed by atoms with Crippen LogP contribution in [0.25, 0.3) is 0 Å². The molecule has 2 aromatic rings. The zero-order chi connectivity index (χ0) is 14.9. The Morgan fingerprint density at radius 1 is 1.45 bits per heavy atom. The summed E-state index contributed by atoms with van der Waals surface area (Å²) in [6, 6.07) is 0. The summed E-state index contributed by atoms with van der Waals surface area (Å²) in [7, 11) is 0. The number of carbonyl (C=O) groups excluding carboxylic acids is 1. The van der Waals surface area contributed by atoms with Crippen molar-refractivity contribution < 1.29 is 19.1 Å². The molecule has 0 radical (unpaired) electrons. The van der Waals surface area contributed by atoms with Gasteiger partial charge in [-0.2, -0.15) is 0 Å². The number of hydrogen-bond acceptors (Lipinski definition) is 5. The first-order valence-corrected chi connectivity index (χ1v) is 6.84. The van der Waals surface area contributed by atoms with Gasteiger partial charge in [0.25, 0.3) is 5.91 Å². The molecule has 0 atom stereocenters. The average Bonchev–Trinajstić information content (AvgIpc) is 2.92. The van der Waals surface area contributed by atoms with Gasteiger partial charge in [-0.05, 0) is 25.8 Å². The van der Waals surface area contributed by atoms with Crippen LogP contribution in [-0.2, 0) is 6.42 Å². The highest BCUT2D eigenvalue weighted by molar-refractivity contribution is 7.16. The van der Waals surface area contributed by atoms with Crippen LogP contribution in [0.4, 0.5) is 5.00 Å². The Hall–Kier alpha value is -2.15. The number of rotatable bonds is 4. The van der Waals surface area contributed by atoms with Crippen molar-refractivity contribution in [1.82, 2.24) is 4.98 Å². The minimum atomic E-state index is -1.05. The van der Waals surface area contributed by atoms with E-state index < -0.39 is 11.9 Å². The molecule has 2 rings (SSSR count). The van der Waals surface area contributed by atoms with E-state index in [2.05, 4.69) is 10.3 Å². The van der Waals surface area contributed by atoms with Crippen molar-refractivity contribution in [2.24, 2.45) is 0 Å². The van der Waals surface area contributed by atoms with E-state index in [0.29, 0.717) is 17.1 Å². The fourth-order valence-electron chi connectivity index (χ4n) is 2.00. The quantitative estimate of drug-likeness (QED) is 0.904. The summed E-state index contributed by atoms with van der Waals surface area (Å²) in [6.45, 7) is 5.37. The molecule has 0 aliphatic heterocycles. The smallest absolute Gasteiger partial charge is 0.339 e. The van der Waals surface area contributed by atoms with Crippen LogP contribution in [0.3, 0.4) is 0 Å². The fraction of sp³-hybridized carbons (Fsp3) is 0.308. The number of carbonyl (C=O) groups is 2.